The third-order valence-corrected chi connectivity index (χ3v) is 6.13. The Hall–Kier alpha value is -1.89. The highest BCUT2D eigenvalue weighted by molar-refractivity contribution is 7.10. The Morgan fingerprint density at radius 1 is 1.32 bits per heavy atom. The van der Waals surface area contributed by atoms with Crippen molar-refractivity contribution in [3.05, 3.63) is 57.8 Å². The normalized spacial score (nSPS) is 17.1. The maximum atomic E-state index is 13.3. The maximum Gasteiger partial charge on any atom is 0.242 e. The van der Waals surface area contributed by atoms with E-state index in [9.17, 15) is 9.59 Å². The van der Waals surface area contributed by atoms with Crippen molar-refractivity contribution in [3.63, 3.8) is 0 Å². The SMILES string of the molecule is COCCN(CC(=O)N1CCc2sccc2[C@@H]1c1ccccc1)C(=O)[C@H](C)Cl. The molecular formula is C21H25ClN2O3S. The van der Waals surface area contributed by atoms with Crippen molar-refractivity contribution in [2.24, 2.45) is 0 Å². The van der Waals surface area contributed by atoms with Crippen LogP contribution in [-0.2, 0) is 20.7 Å². The smallest absolute Gasteiger partial charge is 0.242 e. The molecule has 2 atom stereocenters. The standard InChI is InChI=1S/C21H25ClN2O3S/c1-15(22)21(26)23(11-12-27-2)14-19(25)24-10-8-18-17(9-13-28-18)20(24)16-6-4-3-5-7-16/h3-7,9,13,15,20H,8,10-12,14H2,1-2H3/t15-,20-/m0/s1. The lowest BCUT2D eigenvalue weighted by molar-refractivity contribution is -0.141. The highest BCUT2D eigenvalue weighted by Gasteiger charge is 2.34. The quantitative estimate of drug-likeness (QED) is 0.645. The van der Waals surface area contributed by atoms with Crippen LogP contribution in [-0.4, -0.2) is 60.3 Å². The molecule has 0 bridgehead atoms. The monoisotopic (exact) mass is 420 g/mol. The van der Waals surface area contributed by atoms with Crippen LogP contribution in [0.5, 0.6) is 0 Å². The minimum atomic E-state index is -0.681. The molecule has 5 nitrogen and oxygen atoms in total. The van der Waals surface area contributed by atoms with Gasteiger partial charge in [0.2, 0.25) is 11.8 Å². The van der Waals surface area contributed by atoms with E-state index < -0.39 is 5.38 Å². The van der Waals surface area contributed by atoms with E-state index in [1.807, 2.05) is 35.2 Å². The summed E-state index contributed by atoms with van der Waals surface area (Å²) in [4.78, 5) is 30.4. The molecule has 0 spiro atoms. The van der Waals surface area contributed by atoms with Gasteiger partial charge in [-0.05, 0) is 35.9 Å². The van der Waals surface area contributed by atoms with E-state index in [1.54, 1.807) is 25.4 Å². The number of benzene rings is 1. The summed E-state index contributed by atoms with van der Waals surface area (Å²) in [6, 6.07) is 12.0. The highest BCUT2D eigenvalue weighted by Crippen LogP contribution is 2.37. The van der Waals surface area contributed by atoms with Crippen molar-refractivity contribution in [1.82, 2.24) is 9.80 Å². The van der Waals surface area contributed by atoms with Crippen molar-refractivity contribution in [3.8, 4) is 0 Å². The molecular weight excluding hydrogens is 396 g/mol. The molecule has 1 aliphatic rings. The number of carbonyl (C=O) groups excluding carboxylic acids is 2. The summed E-state index contributed by atoms with van der Waals surface area (Å²) >= 11 is 7.73. The number of thiophene rings is 1. The summed E-state index contributed by atoms with van der Waals surface area (Å²) in [5.74, 6) is -0.330. The third-order valence-electron chi connectivity index (χ3n) is 4.94. The first kappa shape index (κ1) is 20.8. The summed E-state index contributed by atoms with van der Waals surface area (Å²) < 4.78 is 5.10. The van der Waals surface area contributed by atoms with Crippen LogP contribution in [0.1, 0.15) is 29.0 Å². The van der Waals surface area contributed by atoms with Gasteiger partial charge in [0.1, 0.15) is 5.38 Å². The second-order valence-electron chi connectivity index (χ2n) is 6.82. The van der Waals surface area contributed by atoms with Gasteiger partial charge in [-0.25, -0.2) is 0 Å². The van der Waals surface area contributed by atoms with Crippen LogP contribution in [0, 0.1) is 0 Å². The van der Waals surface area contributed by atoms with Crippen LogP contribution >= 0.6 is 22.9 Å². The molecule has 0 N–H and O–H groups in total. The number of halogens is 1. The van der Waals surface area contributed by atoms with Crippen LogP contribution in [0.15, 0.2) is 41.8 Å². The van der Waals surface area contributed by atoms with Crippen LogP contribution in [0.2, 0.25) is 0 Å². The maximum absolute atomic E-state index is 13.3. The summed E-state index contributed by atoms with van der Waals surface area (Å²) in [6.45, 7) is 2.96. The fraction of sp³-hybridized carbons (Fsp3) is 0.429. The summed E-state index contributed by atoms with van der Waals surface area (Å²) in [5, 5.41) is 1.40. The number of hydrogen-bond acceptors (Lipinski definition) is 4. The zero-order chi connectivity index (χ0) is 20.1. The van der Waals surface area contributed by atoms with Gasteiger partial charge in [0.25, 0.3) is 0 Å². The van der Waals surface area contributed by atoms with Crippen molar-refractivity contribution < 1.29 is 14.3 Å². The van der Waals surface area contributed by atoms with Gasteiger partial charge in [-0.2, -0.15) is 0 Å². The van der Waals surface area contributed by atoms with E-state index in [2.05, 4.69) is 11.4 Å². The molecule has 7 heteroatoms. The van der Waals surface area contributed by atoms with Gasteiger partial charge in [-0.15, -0.1) is 22.9 Å². The first-order chi connectivity index (χ1) is 13.5. The average Bonchev–Trinajstić information content (AvgIpc) is 3.19. The number of carbonyl (C=O) groups is 2. The number of hydrogen-bond donors (Lipinski definition) is 0. The molecule has 0 radical (unpaired) electrons. The number of alkyl halides is 1. The number of fused-ring (bicyclic) bond motifs is 1. The number of amides is 2. The van der Waals surface area contributed by atoms with E-state index in [-0.39, 0.29) is 24.4 Å². The van der Waals surface area contributed by atoms with Gasteiger partial charge in [0.15, 0.2) is 0 Å². The van der Waals surface area contributed by atoms with Crippen molar-refractivity contribution in [2.45, 2.75) is 24.8 Å². The van der Waals surface area contributed by atoms with Crippen molar-refractivity contribution in [2.75, 3.05) is 33.4 Å². The van der Waals surface area contributed by atoms with Gasteiger partial charge in [-0.3, -0.25) is 9.59 Å². The Morgan fingerprint density at radius 3 is 2.75 bits per heavy atom. The first-order valence-electron chi connectivity index (χ1n) is 9.35. The van der Waals surface area contributed by atoms with Gasteiger partial charge >= 0.3 is 0 Å². The molecule has 0 aliphatic carbocycles. The van der Waals surface area contributed by atoms with Crippen LogP contribution in [0.4, 0.5) is 0 Å². The lowest BCUT2D eigenvalue weighted by Gasteiger charge is -2.37. The van der Waals surface area contributed by atoms with E-state index in [0.717, 1.165) is 12.0 Å². The molecule has 0 saturated heterocycles. The minimum Gasteiger partial charge on any atom is -0.383 e. The molecule has 2 heterocycles. The Bertz CT molecular complexity index is 809. The van der Waals surface area contributed by atoms with E-state index >= 15 is 0 Å². The van der Waals surface area contributed by atoms with Crippen molar-refractivity contribution >= 4 is 34.8 Å². The Kier molecular flexibility index (Phi) is 7.10. The minimum absolute atomic E-state index is 0.00204. The molecule has 1 aliphatic heterocycles. The fourth-order valence-electron chi connectivity index (χ4n) is 3.55. The summed E-state index contributed by atoms with van der Waals surface area (Å²) in [7, 11) is 1.57. The van der Waals surface area contributed by atoms with Crippen LogP contribution < -0.4 is 0 Å². The molecule has 150 valence electrons. The fourth-order valence-corrected chi connectivity index (χ4v) is 4.60. The second kappa shape index (κ2) is 9.54. The zero-order valence-electron chi connectivity index (χ0n) is 16.1. The lowest BCUT2D eigenvalue weighted by atomic mass is 9.93. The predicted octanol–water partition coefficient (Wildman–Crippen LogP) is 3.32. The van der Waals surface area contributed by atoms with Gasteiger partial charge in [-0.1, -0.05) is 30.3 Å². The van der Waals surface area contributed by atoms with E-state index in [1.165, 1.54) is 15.3 Å². The average molecular weight is 421 g/mol. The van der Waals surface area contributed by atoms with Crippen LogP contribution in [0.3, 0.4) is 0 Å². The van der Waals surface area contributed by atoms with E-state index in [4.69, 9.17) is 16.3 Å². The van der Waals surface area contributed by atoms with Crippen molar-refractivity contribution in [1.29, 1.82) is 0 Å². The van der Waals surface area contributed by atoms with Gasteiger partial charge in [0.05, 0.1) is 19.2 Å². The molecule has 1 aromatic heterocycles. The molecule has 2 amide bonds. The number of methoxy groups -OCH3 is 1. The number of rotatable bonds is 7. The third kappa shape index (κ3) is 4.57. The molecule has 0 saturated carbocycles. The molecule has 3 rings (SSSR count). The first-order valence-corrected chi connectivity index (χ1v) is 10.7. The van der Waals surface area contributed by atoms with Gasteiger partial charge in [0, 0.05) is 25.1 Å². The largest absolute Gasteiger partial charge is 0.383 e. The second-order valence-corrected chi connectivity index (χ2v) is 8.47. The Balaban J connectivity index is 1.85. The highest BCUT2D eigenvalue weighted by atomic mass is 35.5. The topological polar surface area (TPSA) is 49.9 Å². The number of ether oxygens (including phenoxy) is 1. The molecule has 28 heavy (non-hydrogen) atoms. The molecule has 0 unspecified atom stereocenters. The number of nitrogens with zero attached hydrogens (tertiary/aromatic N) is 2. The summed E-state index contributed by atoms with van der Waals surface area (Å²) in [6.07, 6.45) is 0.833. The molecule has 2 aromatic rings. The lowest BCUT2D eigenvalue weighted by Crippen LogP contribution is -2.48. The van der Waals surface area contributed by atoms with Crippen LogP contribution in [0.25, 0.3) is 0 Å². The van der Waals surface area contributed by atoms with E-state index in [0.29, 0.717) is 19.7 Å². The Labute approximate surface area is 174 Å². The predicted molar refractivity (Wildman–Crippen MR) is 112 cm³/mol. The molecule has 1 aromatic carbocycles. The van der Waals surface area contributed by atoms with Gasteiger partial charge < -0.3 is 14.5 Å². The zero-order valence-corrected chi connectivity index (χ0v) is 17.7. The summed E-state index contributed by atoms with van der Waals surface area (Å²) in [5.41, 5.74) is 2.26. The Morgan fingerprint density at radius 2 is 2.07 bits per heavy atom. The molecule has 0 fully saturated rings.